The van der Waals surface area contributed by atoms with Crippen LogP contribution in [-0.4, -0.2) is 29.0 Å². The summed E-state index contributed by atoms with van der Waals surface area (Å²) in [4.78, 5) is 7.13. The molecule has 0 spiro atoms. The minimum atomic E-state index is 0.341. The standard InChI is InChI=1S/C13H17N3S2/c14-11-2-1-4-16(6-11)7-12-9-18-13(15-12)10-3-5-17-8-10/h3,5,8-9,11H,1-2,4,6-7,14H2/t11-/m1/s1. The molecule has 1 aliphatic rings. The number of hydrogen-bond donors (Lipinski definition) is 1. The Morgan fingerprint density at radius 2 is 2.39 bits per heavy atom. The summed E-state index contributed by atoms with van der Waals surface area (Å²) in [5, 5.41) is 7.56. The third-order valence-electron chi connectivity index (χ3n) is 3.25. The van der Waals surface area contributed by atoms with Gasteiger partial charge in [0.2, 0.25) is 0 Å². The lowest BCUT2D eigenvalue weighted by molar-refractivity contribution is 0.200. The molecule has 96 valence electrons. The first-order chi connectivity index (χ1) is 8.81. The molecule has 0 radical (unpaired) electrons. The van der Waals surface area contributed by atoms with Gasteiger partial charge in [-0.1, -0.05) is 0 Å². The zero-order chi connectivity index (χ0) is 12.4. The molecule has 3 rings (SSSR count). The molecule has 5 heteroatoms. The fourth-order valence-corrected chi connectivity index (χ4v) is 3.89. The molecule has 2 aromatic rings. The smallest absolute Gasteiger partial charge is 0.124 e. The average molecular weight is 279 g/mol. The first-order valence-corrected chi connectivity index (χ1v) is 8.08. The molecule has 0 saturated carbocycles. The third kappa shape index (κ3) is 2.80. The minimum Gasteiger partial charge on any atom is -0.327 e. The van der Waals surface area contributed by atoms with Crippen molar-refractivity contribution in [3.05, 3.63) is 27.9 Å². The zero-order valence-electron chi connectivity index (χ0n) is 10.2. The Morgan fingerprint density at radius 1 is 1.44 bits per heavy atom. The van der Waals surface area contributed by atoms with Crippen molar-refractivity contribution < 1.29 is 0 Å². The van der Waals surface area contributed by atoms with Crippen LogP contribution in [0, 0.1) is 0 Å². The maximum absolute atomic E-state index is 6.00. The molecule has 0 unspecified atom stereocenters. The molecule has 18 heavy (non-hydrogen) atoms. The van der Waals surface area contributed by atoms with Crippen LogP contribution < -0.4 is 5.73 Å². The zero-order valence-corrected chi connectivity index (χ0v) is 11.8. The van der Waals surface area contributed by atoms with Crippen LogP contribution in [0.3, 0.4) is 0 Å². The van der Waals surface area contributed by atoms with Crippen LogP contribution in [0.4, 0.5) is 0 Å². The first-order valence-electron chi connectivity index (χ1n) is 6.26. The van der Waals surface area contributed by atoms with Gasteiger partial charge >= 0.3 is 0 Å². The van der Waals surface area contributed by atoms with E-state index < -0.39 is 0 Å². The summed E-state index contributed by atoms with van der Waals surface area (Å²) in [5.41, 5.74) is 8.42. The largest absolute Gasteiger partial charge is 0.327 e. The van der Waals surface area contributed by atoms with E-state index in [1.54, 1.807) is 22.7 Å². The highest BCUT2D eigenvalue weighted by atomic mass is 32.1. The quantitative estimate of drug-likeness (QED) is 0.939. The summed E-state index contributed by atoms with van der Waals surface area (Å²) in [6.07, 6.45) is 2.37. The van der Waals surface area contributed by atoms with Crippen molar-refractivity contribution in [3.8, 4) is 10.6 Å². The van der Waals surface area contributed by atoms with Crippen molar-refractivity contribution >= 4 is 22.7 Å². The van der Waals surface area contributed by atoms with Gasteiger partial charge in [-0.15, -0.1) is 11.3 Å². The van der Waals surface area contributed by atoms with Gasteiger partial charge in [-0.3, -0.25) is 4.90 Å². The fourth-order valence-electron chi connectivity index (χ4n) is 2.36. The molecule has 3 nitrogen and oxygen atoms in total. The van der Waals surface area contributed by atoms with E-state index >= 15 is 0 Å². The van der Waals surface area contributed by atoms with Crippen LogP contribution in [0.5, 0.6) is 0 Å². The van der Waals surface area contributed by atoms with Gasteiger partial charge in [-0.05, 0) is 30.8 Å². The summed E-state index contributed by atoms with van der Waals surface area (Å²) in [5.74, 6) is 0. The van der Waals surface area contributed by atoms with Crippen LogP contribution >= 0.6 is 22.7 Å². The molecule has 0 aliphatic carbocycles. The topological polar surface area (TPSA) is 42.1 Å². The third-order valence-corrected chi connectivity index (χ3v) is 4.87. The number of nitrogens with zero attached hydrogens (tertiary/aromatic N) is 2. The summed E-state index contributed by atoms with van der Waals surface area (Å²) in [6.45, 7) is 3.10. The van der Waals surface area contributed by atoms with Crippen molar-refractivity contribution in [2.75, 3.05) is 13.1 Å². The molecule has 1 atom stereocenters. The molecule has 1 aliphatic heterocycles. The number of aromatic nitrogens is 1. The Morgan fingerprint density at radius 3 is 3.17 bits per heavy atom. The number of likely N-dealkylation sites (tertiary alicyclic amines) is 1. The highest BCUT2D eigenvalue weighted by Crippen LogP contribution is 2.26. The van der Waals surface area contributed by atoms with Crippen LogP contribution in [-0.2, 0) is 6.54 Å². The molecular formula is C13H17N3S2. The number of nitrogens with two attached hydrogens (primary N) is 1. The Labute approximate surface area is 115 Å². The van der Waals surface area contributed by atoms with Crippen LogP contribution in [0.15, 0.2) is 22.2 Å². The molecule has 1 fully saturated rings. The van der Waals surface area contributed by atoms with Crippen molar-refractivity contribution in [2.24, 2.45) is 5.73 Å². The van der Waals surface area contributed by atoms with Crippen LogP contribution in [0.1, 0.15) is 18.5 Å². The number of thiophene rings is 1. The van der Waals surface area contributed by atoms with Crippen molar-refractivity contribution in [1.82, 2.24) is 9.88 Å². The summed E-state index contributed by atoms with van der Waals surface area (Å²) >= 11 is 3.45. The van der Waals surface area contributed by atoms with Gasteiger partial charge in [0.05, 0.1) is 5.69 Å². The monoisotopic (exact) mass is 279 g/mol. The second-order valence-electron chi connectivity index (χ2n) is 4.79. The Balaban J connectivity index is 1.66. The van der Waals surface area contributed by atoms with Crippen LogP contribution in [0.2, 0.25) is 0 Å². The lowest BCUT2D eigenvalue weighted by Gasteiger charge is -2.29. The summed E-state index contributed by atoms with van der Waals surface area (Å²) in [7, 11) is 0. The maximum atomic E-state index is 6.00. The molecule has 0 amide bonds. The molecule has 0 bridgehead atoms. The predicted molar refractivity (Wildman–Crippen MR) is 77.9 cm³/mol. The Kier molecular flexibility index (Phi) is 3.75. The molecule has 0 aromatic carbocycles. The van der Waals surface area contributed by atoms with Gasteiger partial charge in [0, 0.05) is 35.5 Å². The summed E-state index contributed by atoms with van der Waals surface area (Å²) in [6, 6.07) is 2.47. The average Bonchev–Trinajstić information content (AvgIpc) is 2.98. The molecular weight excluding hydrogens is 262 g/mol. The number of piperidine rings is 1. The van der Waals surface area contributed by atoms with E-state index in [1.165, 1.54) is 17.7 Å². The Bertz CT molecular complexity index is 492. The number of rotatable bonds is 3. The molecule has 2 N–H and O–H groups in total. The first kappa shape index (κ1) is 12.3. The number of thiazole rings is 1. The highest BCUT2D eigenvalue weighted by Gasteiger charge is 2.17. The van der Waals surface area contributed by atoms with E-state index in [1.807, 2.05) is 0 Å². The van der Waals surface area contributed by atoms with E-state index in [0.717, 1.165) is 31.1 Å². The van der Waals surface area contributed by atoms with Crippen molar-refractivity contribution in [1.29, 1.82) is 0 Å². The fraction of sp³-hybridized carbons (Fsp3) is 0.462. The Hall–Kier alpha value is -0.750. The second-order valence-corrected chi connectivity index (χ2v) is 6.43. The van der Waals surface area contributed by atoms with E-state index in [9.17, 15) is 0 Å². The van der Waals surface area contributed by atoms with Crippen molar-refractivity contribution in [2.45, 2.75) is 25.4 Å². The SMILES string of the molecule is N[C@@H]1CCCN(Cc2csc(-c3ccsc3)n2)C1. The highest BCUT2D eigenvalue weighted by molar-refractivity contribution is 7.14. The van der Waals surface area contributed by atoms with E-state index in [4.69, 9.17) is 10.7 Å². The van der Waals surface area contributed by atoms with E-state index in [-0.39, 0.29) is 0 Å². The molecule has 1 saturated heterocycles. The summed E-state index contributed by atoms with van der Waals surface area (Å²) < 4.78 is 0. The maximum Gasteiger partial charge on any atom is 0.124 e. The van der Waals surface area contributed by atoms with E-state index in [0.29, 0.717) is 6.04 Å². The lowest BCUT2D eigenvalue weighted by Crippen LogP contribution is -2.42. The van der Waals surface area contributed by atoms with Gasteiger partial charge in [0.15, 0.2) is 0 Å². The van der Waals surface area contributed by atoms with Gasteiger partial charge in [-0.2, -0.15) is 11.3 Å². The molecule has 2 aromatic heterocycles. The van der Waals surface area contributed by atoms with Gasteiger partial charge in [-0.25, -0.2) is 4.98 Å². The van der Waals surface area contributed by atoms with Gasteiger partial charge in [0.25, 0.3) is 0 Å². The second kappa shape index (κ2) is 5.48. The van der Waals surface area contributed by atoms with Gasteiger partial charge in [0.1, 0.15) is 5.01 Å². The molecule has 3 heterocycles. The predicted octanol–water partition coefficient (Wildman–Crippen LogP) is 2.79. The van der Waals surface area contributed by atoms with Gasteiger partial charge < -0.3 is 5.73 Å². The van der Waals surface area contributed by atoms with E-state index in [2.05, 4.69) is 27.1 Å². The normalized spacial score (nSPS) is 21.3. The minimum absolute atomic E-state index is 0.341. The number of hydrogen-bond acceptors (Lipinski definition) is 5. The van der Waals surface area contributed by atoms with Crippen molar-refractivity contribution in [3.63, 3.8) is 0 Å². The lowest BCUT2D eigenvalue weighted by atomic mass is 10.1. The van der Waals surface area contributed by atoms with Crippen LogP contribution in [0.25, 0.3) is 10.6 Å².